The van der Waals surface area contributed by atoms with Crippen molar-refractivity contribution in [1.29, 1.82) is 0 Å². The molecule has 3 rings (SSSR count). The number of likely N-dealkylation sites (tertiary alicyclic amines) is 1. The van der Waals surface area contributed by atoms with Crippen molar-refractivity contribution in [2.75, 3.05) is 38.5 Å². The summed E-state index contributed by atoms with van der Waals surface area (Å²) in [7, 11) is -3.07. The molecule has 0 saturated carbocycles. The Morgan fingerprint density at radius 1 is 1.23 bits per heavy atom. The minimum absolute atomic E-state index is 0.175. The highest BCUT2D eigenvalue weighted by molar-refractivity contribution is 7.92. The summed E-state index contributed by atoms with van der Waals surface area (Å²) in [6.07, 6.45) is 2.61. The molecule has 0 bridgehead atoms. The fourth-order valence-corrected chi connectivity index (χ4v) is 5.81. The summed E-state index contributed by atoms with van der Waals surface area (Å²) < 4.78 is 24.0. The van der Waals surface area contributed by atoms with Gasteiger partial charge < -0.3 is 10.2 Å². The summed E-state index contributed by atoms with van der Waals surface area (Å²) in [5.74, 6) is 1.75. The topological polar surface area (TPSA) is 65.0 Å². The largest absolute Gasteiger partial charge is 0.357 e. The lowest BCUT2D eigenvalue weighted by atomic mass is 9.99. The van der Waals surface area contributed by atoms with Crippen LogP contribution in [0.2, 0.25) is 0 Å². The van der Waals surface area contributed by atoms with E-state index in [1.54, 1.807) is 0 Å². The average Bonchev–Trinajstić information content (AvgIpc) is 2.68. The lowest BCUT2D eigenvalue weighted by molar-refractivity contribution is 0.176. The first kappa shape index (κ1) is 23.1. The Labute approximate surface area is 182 Å². The highest BCUT2D eigenvalue weighted by Gasteiger charge is 2.41. The Kier molecular flexibility index (Phi) is 7.45. The number of hydrogen-bond acceptors (Lipinski definition) is 4. The van der Waals surface area contributed by atoms with E-state index in [9.17, 15) is 8.42 Å². The molecule has 1 unspecified atom stereocenters. The summed E-state index contributed by atoms with van der Waals surface area (Å²) in [6.45, 7) is 13.6. The van der Waals surface area contributed by atoms with E-state index in [1.165, 1.54) is 30.5 Å². The van der Waals surface area contributed by atoms with Crippen LogP contribution in [-0.2, 0) is 22.9 Å². The number of aliphatic imine (C=N–C) groups is 1. The molecule has 1 N–H and O–H groups in total. The minimum Gasteiger partial charge on any atom is -0.357 e. The van der Waals surface area contributed by atoms with Crippen LogP contribution in [0.15, 0.2) is 29.3 Å². The van der Waals surface area contributed by atoms with E-state index in [0.717, 1.165) is 31.5 Å². The van der Waals surface area contributed by atoms with Gasteiger partial charge in [0.15, 0.2) is 15.8 Å². The maximum absolute atomic E-state index is 12.4. The van der Waals surface area contributed by atoms with Crippen molar-refractivity contribution in [1.82, 2.24) is 15.1 Å². The van der Waals surface area contributed by atoms with Crippen molar-refractivity contribution >= 4 is 15.8 Å². The van der Waals surface area contributed by atoms with Crippen LogP contribution in [0.4, 0.5) is 0 Å². The van der Waals surface area contributed by atoms with Crippen LogP contribution in [0.1, 0.15) is 51.7 Å². The normalized spacial score (nSPS) is 24.6. The van der Waals surface area contributed by atoms with Gasteiger partial charge in [-0.2, -0.15) is 0 Å². The van der Waals surface area contributed by atoms with Gasteiger partial charge in [-0.05, 0) is 57.2 Å². The average molecular weight is 435 g/mol. The lowest BCUT2D eigenvalue weighted by Crippen LogP contribution is -2.57. The molecule has 0 aliphatic carbocycles. The van der Waals surface area contributed by atoms with Gasteiger partial charge in [0.1, 0.15) is 0 Å². The fourth-order valence-electron chi connectivity index (χ4n) is 4.45. The molecule has 0 amide bonds. The first-order chi connectivity index (χ1) is 14.2. The fraction of sp³-hybridized carbons (Fsp3) is 0.696. The van der Waals surface area contributed by atoms with Crippen molar-refractivity contribution in [3.05, 3.63) is 35.4 Å². The summed E-state index contributed by atoms with van der Waals surface area (Å²) in [5, 5.41) is 3.37. The van der Waals surface area contributed by atoms with Crippen molar-refractivity contribution in [3.8, 4) is 0 Å². The van der Waals surface area contributed by atoms with Crippen LogP contribution in [0.25, 0.3) is 0 Å². The molecular weight excluding hydrogens is 396 g/mol. The predicted octanol–water partition coefficient (Wildman–Crippen LogP) is 2.89. The standard InChI is InChI=1S/C23H38N4O2S/c1-5-24-22(27-13-14-30(28,29)23(3,4)18-27)25-15-20-10-6-7-11-21(20)17-26-12-8-9-19(2)16-26/h6-7,10-11,19H,5,8-9,12-18H2,1-4H3,(H,24,25). The van der Waals surface area contributed by atoms with Gasteiger partial charge >= 0.3 is 0 Å². The number of rotatable bonds is 5. The molecule has 168 valence electrons. The molecule has 30 heavy (non-hydrogen) atoms. The zero-order valence-corrected chi connectivity index (χ0v) is 19.8. The number of sulfone groups is 1. The third kappa shape index (κ3) is 5.55. The number of nitrogens with one attached hydrogen (secondary N) is 1. The second-order valence-electron chi connectivity index (χ2n) is 9.42. The van der Waals surface area contributed by atoms with E-state index in [1.807, 2.05) is 20.8 Å². The number of benzene rings is 1. The van der Waals surface area contributed by atoms with E-state index in [4.69, 9.17) is 4.99 Å². The number of nitrogens with zero attached hydrogens (tertiary/aromatic N) is 3. The van der Waals surface area contributed by atoms with Gasteiger partial charge in [0.05, 0.1) is 17.0 Å². The molecule has 0 aromatic heterocycles. The van der Waals surface area contributed by atoms with Gasteiger partial charge in [0.2, 0.25) is 0 Å². The van der Waals surface area contributed by atoms with Crippen molar-refractivity contribution < 1.29 is 8.42 Å². The summed E-state index contributed by atoms with van der Waals surface area (Å²) >= 11 is 0. The molecule has 2 aliphatic heterocycles. The molecule has 2 saturated heterocycles. The molecule has 1 aromatic rings. The second kappa shape index (κ2) is 9.69. The van der Waals surface area contributed by atoms with Crippen molar-refractivity contribution in [3.63, 3.8) is 0 Å². The van der Waals surface area contributed by atoms with Crippen molar-refractivity contribution in [2.45, 2.75) is 58.4 Å². The van der Waals surface area contributed by atoms with E-state index in [-0.39, 0.29) is 5.75 Å². The summed E-state index contributed by atoms with van der Waals surface area (Å²) in [4.78, 5) is 9.56. The van der Waals surface area contributed by atoms with E-state index in [2.05, 4.69) is 46.3 Å². The molecule has 0 spiro atoms. The van der Waals surface area contributed by atoms with Crippen LogP contribution in [0, 0.1) is 5.92 Å². The molecule has 7 heteroatoms. The molecule has 1 aromatic carbocycles. The number of guanidine groups is 1. The number of piperidine rings is 1. The number of hydrogen-bond donors (Lipinski definition) is 1. The van der Waals surface area contributed by atoms with Gasteiger partial charge in [-0.3, -0.25) is 4.90 Å². The minimum atomic E-state index is -3.07. The third-order valence-corrected chi connectivity index (χ3v) is 8.86. The van der Waals surface area contributed by atoms with Crippen LogP contribution in [-0.4, -0.2) is 67.4 Å². The van der Waals surface area contributed by atoms with E-state index < -0.39 is 14.6 Å². The van der Waals surface area contributed by atoms with Gasteiger partial charge in [0, 0.05) is 32.7 Å². The summed E-state index contributed by atoms with van der Waals surface area (Å²) in [5.41, 5.74) is 2.59. The van der Waals surface area contributed by atoms with Crippen LogP contribution < -0.4 is 5.32 Å². The van der Waals surface area contributed by atoms with Crippen LogP contribution >= 0.6 is 0 Å². The third-order valence-electron chi connectivity index (χ3n) is 6.33. The van der Waals surface area contributed by atoms with Gasteiger partial charge in [0.25, 0.3) is 0 Å². The Balaban J connectivity index is 1.74. The molecule has 2 aliphatic rings. The highest BCUT2D eigenvalue weighted by atomic mass is 32.2. The molecular formula is C23H38N4O2S. The maximum Gasteiger partial charge on any atom is 0.194 e. The Bertz CT molecular complexity index is 851. The molecule has 6 nitrogen and oxygen atoms in total. The Morgan fingerprint density at radius 2 is 1.97 bits per heavy atom. The van der Waals surface area contributed by atoms with E-state index in [0.29, 0.717) is 19.6 Å². The van der Waals surface area contributed by atoms with Crippen molar-refractivity contribution in [2.24, 2.45) is 10.9 Å². The first-order valence-corrected chi connectivity index (χ1v) is 12.9. The van der Waals surface area contributed by atoms with E-state index >= 15 is 0 Å². The molecule has 2 heterocycles. The Hall–Kier alpha value is -1.60. The van der Waals surface area contributed by atoms with Gasteiger partial charge in [-0.1, -0.05) is 31.2 Å². The first-order valence-electron chi connectivity index (χ1n) is 11.3. The van der Waals surface area contributed by atoms with Crippen LogP contribution in [0.5, 0.6) is 0 Å². The quantitative estimate of drug-likeness (QED) is 0.570. The molecule has 0 radical (unpaired) electrons. The monoisotopic (exact) mass is 434 g/mol. The summed E-state index contributed by atoms with van der Waals surface area (Å²) in [6, 6.07) is 8.57. The zero-order chi connectivity index (χ0) is 21.8. The highest BCUT2D eigenvalue weighted by Crippen LogP contribution is 2.24. The molecule has 2 fully saturated rings. The van der Waals surface area contributed by atoms with Crippen LogP contribution in [0.3, 0.4) is 0 Å². The molecule has 1 atom stereocenters. The SMILES string of the molecule is CCNC(=NCc1ccccc1CN1CCCC(C)C1)N1CCS(=O)(=O)C(C)(C)C1. The zero-order valence-electron chi connectivity index (χ0n) is 19.0. The Morgan fingerprint density at radius 3 is 2.63 bits per heavy atom. The maximum atomic E-state index is 12.4. The predicted molar refractivity (Wildman–Crippen MR) is 124 cm³/mol. The van der Waals surface area contributed by atoms with Gasteiger partial charge in [-0.25, -0.2) is 13.4 Å². The van der Waals surface area contributed by atoms with Gasteiger partial charge in [-0.15, -0.1) is 0 Å². The smallest absolute Gasteiger partial charge is 0.194 e. The second-order valence-corrected chi connectivity index (χ2v) is 12.2. The lowest BCUT2D eigenvalue weighted by Gasteiger charge is -2.39.